The smallest absolute Gasteiger partial charge is 0.351 e. The monoisotopic (exact) mass is 246 g/mol. The molecule has 0 atom stereocenters. The van der Waals surface area contributed by atoms with Gasteiger partial charge in [0.25, 0.3) is 0 Å². The van der Waals surface area contributed by atoms with E-state index in [1.807, 2.05) is 0 Å². The van der Waals surface area contributed by atoms with Gasteiger partial charge in [-0.2, -0.15) is 0 Å². The van der Waals surface area contributed by atoms with Gasteiger partial charge in [0.1, 0.15) is 0 Å². The first kappa shape index (κ1) is 10.7. The molecular formula is C9H11ClN2O2S. The van der Waals surface area contributed by atoms with Crippen LogP contribution in [0, 0.1) is 0 Å². The molecule has 0 unspecified atom stereocenters. The summed E-state index contributed by atoms with van der Waals surface area (Å²) in [6.07, 6.45) is 2.34. The van der Waals surface area contributed by atoms with Crippen LogP contribution in [0.3, 0.4) is 0 Å². The summed E-state index contributed by atoms with van der Waals surface area (Å²) in [6, 6.07) is 0. The molecule has 0 amide bonds. The van der Waals surface area contributed by atoms with Gasteiger partial charge in [-0.1, -0.05) is 22.9 Å². The zero-order chi connectivity index (χ0) is 10.8. The van der Waals surface area contributed by atoms with Gasteiger partial charge in [-0.15, -0.1) is 0 Å². The Morgan fingerprint density at radius 3 is 2.80 bits per heavy atom. The molecule has 4 nitrogen and oxygen atoms in total. The number of hydrogen-bond donors (Lipinski definition) is 0. The van der Waals surface area contributed by atoms with E-state index in [9.17, 15) is 4.79 Å². The minimum atomic E-state index is -0.414. The van der Waals surface area contributed by atoms with Crippen LogP contribution in [0.5, 0.6) is 0 Å². The standard InChI is InChI=1S/C9H11ClN2O2S/c1-14-8(13)6-7(10)11-9(15-6)12-4-2-3-5-12/h2-5H2,1H3. The summed E-state index contributed by atoms with van der Waals surface area (Å²) < 4.78 is 4.62. The van der Waals surface area contributed by atoms with E-state index in [0.29, 0.717) is 4.88 Å². The summed E-state index contributed by atoms with van der Waals surface area (Å²) in [5.41, 5.74) is 0. The maximum atomic E-state index is 11.3. The molecule has 2 heterocycles. The second-order valence-corrected chi connectivity index (χ2v) is 4.64. The van der Waals surface area contributed by atoms with E-state index in [2.05, 4.69) is 14.6 Å². The molecule has 1 aliphatic heterocycles. The number of ether oxygens (including phenoxy) is 1. The Hall–Kier alpha value is -0.810. The number of methoxy groups -OCH3 is 1. The maximum Gasteiger partial charge on any atom is 0.351 e. The molecule has 82 valence electrons. The average molecular weight is 247 g/mol. The van der Waals surface area contributed by atoms with Gasteiger partial charge in [-0.05, 0) is 12.8 Å². The SMILES string of the molecule is COC(=O)c1sc(N2CCCC2)nc1Cl. The lowest BCUT2D eigenvalue weighted by Gasteiger charge is -2.11. The van der Waals surface area contributed by atoms with Crippen molar-refractivity contribution >= 4 is 34.0 Å². The maximum absolute atomic E-state index is 11.3. The average Bonchev–Trinajstić information content (AvgIpc) is 2.84. The van der Waals surface area contributed by atoms with Gasteiger partial charge in [0.2, 0.25) is 0 Å². The Morgan fingerprint density at radius 1 is 1.53 bits per heavy atom. The third kappa shape index (κ3) is 2.08. The molecule has 1 aromatic rings. The predicted molar refractivity (Wildman–Crippen MR) is 59.9 cm³/mol. The van der Waals surface area contributed by atoms with Gasteiger partial charge in [0.05, 0.1) is 7.11 Å². The molecule has 1 aromatic heterocycles. The summed E-state index contributed by atoms with van der Waals surface area (Å²) in [5, 5.41) is 1.06. The van der Waals surface area contributed by atoms with E-state index >= 15 is 0 Å². The Bertz CT molecular complexity index is 374. The number of halogens is 1. The highest BCUT2D eigenvalue weighted by atomic mass is 35.5. The number of hydrogen-bond acceptors (Lipinski definition) is 5. The molecule has 0 spiro atoms. The summed E-state index contributed by atoms with van der Waals surface area (Å²) in [4.78, 5) is 18.0. The number of carbonyl (C=O) groups is 1. The normalized spacial score (nSPS) is 15.7. The topological polar surface area (TPSA) is 42.4 Å². The van der Waals surface area contributed by atoms with Gasteiger partial charge in [0.15, 0.2) is 15.2 Å². The minimum Gasteiger partial charge on any atom is -0.465 e. The van der Waals surface area contributed by atoms with Crippen molar-refractivity contribution in [2.45, 2.75) is 12.8 Å². The van der Waals surface area contributed by atoms with Crippen LogP contribution >= 0.6 is 22.9 Å². The largest absolute Gasteiger partial charge is 0.465 e. The minimum absolute atomic E-state index is 0.244. The van der Waals surface area contributed by atoms with Gasteiger partial charge in [-0.3, -0.25) is 0 Å². The van der Waals surface area contributed by atoms with Crippen molar-refractivity contribution in [1.29, 1.82) is 0 Å². The number of aromatic nitrogens is 1. The van der Waals surface area contributed by atoms with E-state index < -0.39 is 5.97 Å². The third-order valence-electron chi connectivity index (χ3n) is 2.32. The fraction of sp³-hybridized carbons (Fsp3) is 0.556. The second-order valence-electron chi connectivity index (χ2n) is 3.30. The number of nitrogens with zero attached hydrogens (tertiary/aromatic N) is 2. The van der Waals surface area contributed by atoms with Crippen molar-refractivity contribution in [2.75, 3.05) is 25.1 Å². The van der Waals surface area contributed by atoms with Gasteiger partial charge < -0.3 is 9.64 Å². The molecule has 1 fully saturated rings. The number of carbonyl (C=O) groups excluding carboxylic acids is 1. The number of thiazole rings is 1. The highest BCUT2D eigenvalue weighted by Crippen LogP contribution is 2.31. The van der Waals surface area contributed by atoms with Crippen LogP contribution in [0.15, 0.2) is 0 Å². The van der Waals surface area contributed by atoms with E-state index in [-0.39, 0.29) is 5.15 Å². The molecular weight excluding hydrogens is 236 g/mol. The van der Waals surface area contributed by atoms with Gasteiger partial charge in [0, 0.05) is 13.1 Å². The Morgan fingerprint density at radius 2 is 2.20 bits per heavy atom. The molecule has 0 radical (unpaired) electrons. The predicted octanol–water partition coefficient (Wildman–Crippen LogP) is 2.18. The lowest BCUT2D eigenvalue weighted by Crippen LogP contribution is -2.16. The van der Waals surface area contributed by atoms with Crippen LogP contribution in [0.25, 0.3) is 0 Å². The lowest BCUT2D eigenvalue weighted by molar-refractivity contribution is 0.0606. The molecule has 1 aliphatic rings. The van der Waals surface area contributed by atoms with Crippen molar-refractivity contribution < 1.29 is 9.53 Å². The molecule has 15 heavy (non-hydrogen) atoms. The van der Waals surface area contributed by atoms with Crippen molar-refractivity contribution in [2.24, 2.45) is 0 Å². The Labute approximate surface area is 96.8 Å². The first-order chi connectivity index (χ1) is 7.22. The molecule has 0 saturated carbocycles. The molecule has 6 heteroatoms. The number of rotatable bonds is 2. The second kappa shape index (κ2) is 4.37. The fourth-order valence-electron chi connectivity index (χ4n) is 1.55. The van der Waals surface area contributed by atoms with Crippen LogP contribution in [0.4, 0.5) is 5.13 Å². The van der Waals surface area contributed by atoms with Gasteiger partial charge >= 0.3 is 5.97 Å². The first-order valence-electron chi connectivity index (χ1n) is 4.72. The summed E-state index contributed by atoms with van der Waals surface area (Å²) >= 11 is 7.17. The van der Waals surface area contributed by atoms with Crippen molar-refractivity contribution in [3.8, 4) is 0 Å². The molecule has 0 aromatic carbocycles. The molecule has 0 N–H and O–H groups in total. The summed E-state index contributed by atoms with van der Waals surface area (Å²) in [5.74, 6) is -0.414. The number of anilines is 1. The fourth-order valence-corrected chi connectivity index (χ4v) is 2.80. The van der Waals surface area contributed by atoms with Gasteiger partial charge in [-0.25, -0.2) is 9.78 Å². The quantitative estimate of drug-likeness (QED) is 0.751. The van der Waals surface area contributed by atoms with E-state index in [0.717, 1.165) is 18.2 Å². The van der Waals surface area contributed by atoms with Crippen molar-refractivity contribution in [1.82, 2.24) is 4.98 Å². The highest BCUT2D eigenvalue weighted by Gasteiger charge is 2.22. The molecule has 1 saturated heterocycles. The summed E-state index contributed by atoms with van der Waals surface area (Å²) in [6.45, 7) is 1.98. The van der Waals surface area contributed by atoms with Crippen LogP contribution in [0.1, 0.15) is 22.5 Å². The van der Waals surface area contributed by atoms with Crippen molar-refractivity contribution in [3.63, 3.8) is 0 Å². The molecule has 0 aliphatic carbocycles. The zero-order valence-electron chi connectivity index (χ0n) is 8.33. The van der Waals surface area contributed by atoms with E-state index in [1.54, 1.807) is 0 Å². The number of esters is 1. The molecule has 0 bridgehead atoms. The van der Waals surface area contributed by atoms with Crippen molar-refractivity contribution in [3.05, 3.63) is 10.0 Å². The van der Waals surface area contributed by atoms with E-state index in [1.165, 1.54) is 31.3 Å². The zero-order valence-corrected chi connectivity index (χ0v) is 9.90. The lowest BCUT2D eigenvalue weighted by atomic mass is 10.4. The molecule has 2 rings (SSSR count). The first-order valence-corrected chi connectivity index (χ1v) is 5.91. The van der Waals surface area contributed by atoms with E-state index in [4.69, 9.17) is 11.6 Å². The van der Waals surface area contributed by atoms with Crippen LogP contribution < -0.4 is 4.90 Å². The Balaban J connectivity index is 2.23. The van der Waals surface area contributed by atoms with Crippen LogP contribution in [-0.2, 0) is 4.74 Å². The Kier molecular flexibility index (Phi) is 3.11. The summed E-state index contributed by atoms with van der Waals surface area (Å²) in [7, 11) is 1.34. The highest BCUT2D eigenvalue weighted by molar-refractivity contribution is 7.18. The van der Waals surface area contributed by atoms with Crippen LogP contribution in [0.2, 0.25) is 5.15 Å². The third-order valence-corrected chi connectivity index (χ3v) is 3.80. The van der Waals surface area contributed by atoms with Crippen LogP contribution in [-0.4, -0.2) is 31.2 Å².